The van der Waals surface area contributed by atoms with Crippen molar-refractivity contribution < 1.29 is 18.3 Å². The fraction of sp³-hybridized carbons (Fsp3) is 0.433. The summed E-state index contributed by atoms with van der Waals surface area (Å²) in [4.78, 5) is 16.8. The maximum absolute atomic E-state index is 16.2. The summed E-state index contributed by atoms with van der Waals surface area (Å²) in [6.07, 6.45) is 5.07. The first-order valence-electron chi connectivity index (χ1n) is 13.6. The predicted octanol–water partition coefficient (Wildman–Crippen LogP) is 5.09. The smallest absolute Gasteiger partial charge is 0.223 e. The van der Waals surface area contributed by atoms with Gasteiger partial charge in [0.1, 0.15) is 17.4 Å². The van der Waals surface area contributed by atoms with E-state index in [1.165, 1.54) is 12.3 Å². The molecule has 1 saturated carbocycles. The molecule has 0 radical (unpaired) electrons. The van der Waals surface area contributed by atoms with E-state index in [0.29, 0.717) is 18.5 Å². The molecule has 208 valence electrons. The number of nitrogens with one attached hydrogen (secondary N) is 1. The number of carbonyl (C=O) groups excluding carboxylic acids is 1. The monoisotopic (exact) mass is 565 g/mol. The Kier molecular flexibility index (Phi) is 7.01. The van der Waals surface area contributed by atoms with Gasteiger partial charge in [-0.2, -0.15) is 5.26 Å². The third kappa shape index (κ3) is 4.53. The van der Waals surface area contributed by atoms with Crippen molar-refractivity contribution in [2.24, 2.45) is 17.6 Å². The SMILES string of the molecule is N#CC1CCC(NC[C@@]2(c3ccccc3)Cc3c(cc(F)c(Cl)c3C3C(C(N)=O)Cn4ccnc4C3F)O2)CC1. The number of nitrogens with zero attached hydrogens (tertiary/aromatic N) is 3. The van der Waals surface area contributed by atoms with Gasteiger partial charge in [0.15, 0.2) is 11.8 Å². The first-order chi connectivity index (χ1) is 19.3. The highest BCUT2D eigenvalue weighted by atomic mass is 35.5. The number of rotatable bonds is 6. The molecule has 0 bridgehead atoms. The molecular formula is C30H30ClF2N5O2. The summed E-state index contributed by atoms with van der Waals surface area (Å²) >= 11 is 6.59. The zero-order chi connectivity index (χ0) is 28.0. The van der Waals surface area contributed by atoms with Crippen LogP contribution >= 0.6 is 11.6 Å². The van der Waals surface area contributed by atoms with Crippen LogP contribution in [0.5, 0.6) is 5.75 Å². The second kappa shape index (κ2) is 10.5. The van der Waals surface area contributed by atoms with Crippen molar-refractivity contribution in [3.63, 3.8) is 0 Å². The van der Waals surface area contributed by atoms with Gasteiger partial charge in [-0.25, -0.2) is 13.8 Å². The minimum Gasteiger partial charge on any atom is -0.480 e. The molecule has 3 unspecified atom stereocenters. The van der Waals surface area contributed by atoms with Gasteiger partial charge in [0, 0.05) is 61.4 Å². The van der Waals surface area contributed by atoms with Gasteiger partial charge in [-0.15, -0.1) is 0 Å². The van der Waals surface area contributed by atoms with Crippen LogP contribution in [-0.4, -0.2) is 28.0 Å². The lowest BCUT2D eigenvalue weighted by Crippen LogP contribution is -2.46. The van der Waals surface area contributed by atoms with Gasteiger partial charge in [-0.05, 0) is 36.8 Å². The van der Waals surface area contributed by atoms with E-state index < -0.39 is 35.3 Å². The van der Waals surface area contributed by atoms with Crippen LogP contribution < -0.4 is 15.8 Å². The van der Waals surface area contributed by atoms with Crippen LogP contribution in [-0.2, 0) is 23.4 Å². The number of nitrogens with two attached hydrogens (primary N) is 1. The number of amides is 1. The van der Waals surface area contributed by atoms with Gasteiger partial charge < -0.3 is 20.4 Å². The second-order valence-corrected chi connectivity index (χ2v) is 11.5. The van der Waals surface area contributed by atoms with E-state index in [1.54, 1.807) is 10.8 Å². The fourth-order valence-corrected chi connectivity index (χ4v) is 6.98. The van der Waals surface area contributed by atoms with Crippen LogP contribution in [0, 0.1) is 29.0 Å². The third-order valence-corrected chi connectivity index (χ3v) is 9.20. The molecule has 1 aliphatic carbocycles. The predicted molar refractivity (Wildman–Crippen MR) is 145 cm³/mol. The number of hydrogen-bond acceptors (Lipinski definition) is 5. The summed E-state index contributed by atoms with van der Waals surface area (Å²) in [6, 6.07) is 13.5. The summed E-state index contributed by atoms with van der Waals surface area (Å²) in [5.41, 5.74) is 6.53. The zero-order valence-electron chi connectivity index (χ0n) is 21.8. The number of fused-ring (bicyclic) bond motifs is 2. The number of imidazole rings is 1. The van der Waals surface area contributed by atoms with Gasteiger partial charge in [-0.3, -0.25) is 4.79 Å². The van der Waals surface area contributed by atoms with E-state index in [1.807, 2.05) is 30.3 Å². The van der Waals surface area contributed by atoms with Gasteiger partial charge in [0.2, 0.25) is 5.91 Å². The molecule has 10 heteroatoms. The number of benzene rings is 2. The van der Waals surface area contributed by atoms with Crippen molar-refractivity contribution >= 4 is 17.5 Å². The van der Waals surface area contributed by atoms with E-state index in [9.17, 15) is 10.1 Å². The quantitative estimate of drug-likeness (QED) is 0.433. The maximum Gasteiger partial charge on any atom is 0.223 e. The number of alkyl halides is 1. The third-order valence-electron chi connectivity index (χ3n) is 8.82. The Morgan fingerprint density at radius 2 is 2.02 bits per heavy atom. The lowest BCUT2D eigenvalue weighted by Gasteiger charge is -2.35. The zero-order valence-corrected chi connectivity index (χ0v) is 22.6. The average molecular weight is 566 g/mol. The minimum absolute atomic E-state index is 0.0822. The molecule has 4 atom stereocenters. The Labute approximate surface area is 236 Å². The lowest BCUT2D eigenvalue weighted by molar-refractivity contribution is -0.124. The molecule has 3 aliphatic rings. The highest BCUT2D eigenvalue weighted by Gasteiger charge is 2.49. The topological polar surface area (TPSA) is 106 Å². The first kappa shape index (κ1) is 26.7. The van der Waals surface area contributed by atoms with E-state index in [0.717, 1.165) is 31.2 Å². The number of halogens is 3. The number of ether oxygens (including phenoxy) is 1. The molecular weight excluding hydrogens is 536 g/mol. The lowest BCUT2D eigenvalue weighted by atomic mass is 9.75. The number of carbonyl (C=O) groups is 1. The van der Waals surface area contributed by atoms with Crippen molar-refractivity contribution in [1.82, 2.24) is 14.9 Å². The molecule has 0 spiro atoms. The standard InChI is InChI=1S/C30H30ClF2N5O2/c31-26-22(32)12-23-20(24(26)25-21(28(35)39)15-38-11-10-36-29(38)27(25)33)13-30(40-23,18-4-2-1-3-5-18)16-37-19-8-6-17(14-34)7-9-19/h1-5,10-12,17,19,21,25,27,37H,6-9,13,15-16H2,(H2,35,39)/t17?,19?,21?,25?,27?,30-/m1/s1. The molecule has 7 nitrogen and oxygen atoms in total. The number of hydrogen-bond donors (Lipinski definition) is 2. The van der Waals surface area contributed by atoms with Crippen molar-refractivity contribution in [3.8, 4) is 11.8 Å². The van der Waals surface area contributed by atoms with Crippen molar-refractivity contribution in [1.29, 1.82) is 5.26 Å². The van der Waals surface area contributed by atoms with Crippen LogP contribution in [0.25, 0.3) is 0 Å². The molecule has 3 heterocycles. The Hall–Kier alpha value is -3.48. The molecule has 3 aromatic rings. The first-order valence-corrected chi connectivity index (χ1v) is 14.0. The number of primary amides is 1. The summed E-state index contributed by atoms with van der Waals surface area (Å²) in [6.45, 7) is 0.536. The van der Waals surface area contributed by atoms with Gasteiger partial charge in [0.25, 0.3) is 0 Å². The largest absolute Gasteiger partial charge is 0.480 e. The molecule has 40 heavy (non-hydrogen) atoms. The van der Waals surface area contributed by atoms with Crippen molar-refractivity contribution in [2.75, 3.05) is 6.54 Å². The molecule has 1 amide bonds. The Balaban J connectivity index is 1.40. The van der Waals surface area contributed by atoms with E-state index in [2.05, 4.69) is 16.4 Å². The van der Waals surface area contributed by atoms with Crippen molar-refractivity contribution in [3.05, 3.63) is 82.1 Å². The Morgan fingerprint density at radius 3 is 2.73 bits per heavy atom. The van der Waals surface area contributed by atoms with E-state index in [-0.39, 0.29) is 40.7 Å². The maximum atomic E-state index is 16.2. The molecule has 3 N–H and O–H groups in total. The number of nitriles is 1. The van der Waals surface area contributed by atoms with Gasteiger partial charge in [0.05, 0.1) is 17.0 Å². The summed E-state index contributed by atoms with van der Waals surface area (Å²) in [7, 11) is 0. The normalized spacial score (nSPS) is 29.2. The molecule has 1 fully saturated rings. The van der Waals surface area contributed by atoms with Crippen LogP contribution in [0.4, 0.5) is 8.78 Å². The fourth-order valence-electron chi connectivity index (χ4n) is 6.68. The van der Waals surface area contributed by atoms with Crippen LogP contribution in [0.3, 0.4) is 0 Å². The van der Waals surface area contributed by atoms with Crippen molar-refractivity contribution in [2.45, 2.75) is 62.4 Å². The second-order valence-electron chi connectivity index (χ2n) is 11.1. The average Bonchev–Trinajstić information content (AvgIpc) is 3.59. The van der Waals surface area contributed by atoms with E-state index >= 15 is 8.78 Å². The Morgan fingerprint density at radius 1 is 1.27 bits per heavy atom. The number of aromatic nitrogens is 2. The summed E-state index contributed by atoms with van der Waals surface area (Å²) < 4.78 is 39.7. The molecule has 2 aromatic carbocycles. The molecule has 2 aliphatic heterocycles. The highest BCUT2D eigenvalue weighted by molar-refractivity contribution is 6.31. The van der Waals surface area contributed by atoms with Crippen LogP contribution in [0.1, 0.15) is 60.3 Å². The van der Waals surface area contributed by atoms with Crippen LogP contribution in [0.15, 0.2) is 48.8 Å². The minimum atomic E-state index is -1.72. The molecule has 0 saturated heterocycles. The van der Waals surface area contributed by atoms with E-state index in [4.69, 9.17) is 22.1 Å². The van der Waals surface area contributed by atoms with Gasteiger partial charge in [-0.1, -0.05) is 41.9 Å². The Bertz CT molecular complexity index is 1470. The van der Waals surface area contributed by atoms with Crippen LogP contribution in [0.2, 0.25) is 5.02 Å². The highest BCUT2D eigenvalue weighted by Crippen LogP contribution is 2.53. The molecule has 6 rings (SSSR count). The van der Waals surface area contributed by atoms with Gasteiger partial charge >= 0.3 is 0 Å². The molecule has 1 aromatic heterocycles. The summed E-state index contributed by atoms with van der Waals surface area (Å²) in [5, 5.41) is 12.7. The summed E-state index contributed by atoms with van der Waals surface area (Å²) in [5.74, 6) is -3.00.